The largest absolute Gasteiger partial charge is 0.341 e. The van der Waals surface area contributed by atoms with Crippen LogP contribution in [0.5, 0.6) is 0 Å². The fourth-order valence-electron chi connectivity index (χ4n) is 2.54. The topological polar surface area (TPSA) is 63.9 Å². The number of amides is 1. The summed E-state index contributed by atoms with van der Waals surface area (Å²) in [6, 6.07) is 7.69. The first kappa shape index (κ1) is 15.1. The van der Waals surface area contributed by atoms with Crippen LogP contribution in [0.25, 0.3) is 11.4 Å². The van der Waals surface area contributed by atoms with Crippen LogP contribution in [0.15, 0.2) is 28.7 Å². The average Bonchev–Trinajstić information content (AvgIpc) is 2.96. The molecular formula is C15H18BrN5O. The number of piperidine rings is 1. The molecule has 0 aliphatic carbocycles. The summed E-state index contributed by atoms with van der Waals surface area (Å²) in [5.74, 6) is 1.28. The van der Waals surface area contributed by atoms with Crippen molar-refractivity contribution in [2.75, 3.05) is 13.1 Å². The van der Waals surface area contributed by atoms with Crippen molar-refractivity contribution in [2.45, 2.75) is 26.3 Å². The molecule has 116 valence electrons. The van der Waals surface area contributed by atoms with Crippen molar-refractivity contribution in [1.29, 1.82) is 0 Å². The third-order valence-electron chi connectivity index (χ3n) is 3.98. The van der Waals surface area contributed by atoms with Gasteiger partial charge in [-0.15, -0.1) is 10.2 Å². The monoisotopic (exact) mass is 363 g/mol. The predicted molar refractivity (Wildman–Crippen MR) is 85.9 cm³/mol. The van der Waals surface area contributed by atoms with E-state index in [2.05, 4.69) is 38.3 Å². The van der Waals surface area contributed by atoms with Crippen molar-refractivity contribution in [3.05, 3.63) is 28.7 Å². The lowest BCUT2D eigenvalue weighted by Crippen LogP contribution is -2.40. The third kappa shape index (κ3) is 3.35. The van der Waals surface area contributed by atoms with E-state index in [1.54, 1.807) is 0 Å². The number of likely N-dealkylation sites (tertiary alicyclic amines) is 1. The minimum Gasteiger partial charge on any atom is -0.341 e. The zero-order valence-electron chi connectivity index (χ0n) is 12.4. The Labute approximate surface area is 137 Å². The molecule has 0 radical (unpaired) electrons. The molecule has 6 nitrogen and oxygen atoms in total. The quantitative estimate of drug-likeness (QED) is 0.839. The molecule has 0 spiro atoms. The standard InChI is InChI=1S/C15H18BrN5O/c1-11-6-8-20(9-7-11)14(22)10-21-18-15(17-19-21)12-4-2-3-5-13(12)16/h2-5,11H,6-10H2,1H3. The van der Waals surface area contributed by atoms with Gasteiger partial charge in [0, 0.05) is 23.1 Å². The first-order chi connectivity index (χ1) is 10.6. The molecule has 0 unspecified atom stereocenters. The van der Waals surface area contributed by atoms with Gasteiger partial charge in [-0.25, -0.2) is 0 Å². The van der Waals surface area contributed by atoms with Gasteiger partial charge in [-0.2, -0.15) is 4.80 Å². The van der Waals surface area contributed by atoms with Gasteiger partial charge in [-0.1, -0.05) is 35.0 Å². The Hall–Kier alpha value is -1.76. The Kier molecular flexibility index (Phi) is 4.52. The molecule has 1 amide bonds. The highest BCUT2D eigenvalue weighted by atomic mass is 79.9. The van der Waals surface area contributed by atoms with Crippen LogP contribution in [0.4, 0.5) is 0 Å². The first-order valence-corrected chi connectivity index (χ1v) is 8.23. The predicted octanol–water partition coefficient (Wildman–Crippen LogP) is 2.36. The first-order valence-electron chi connectivity index (χ1n) is 7.44. The summed E-state index contributed by atoms with van der Waals surface area (Å²) in [4.78, 5) is 15.5. The summed E-state index contributed by atoms with van der Waals surface area (Å²) in [5.41, 5.74) is 0.869. The number of carbonyl (C=O) groups excluding carboxylic acids is 1. The van der Waals surface area contributed by atoms with Gasteiger partial charge in [-0.3, -0.25) is 4.79 Å². The van der Waals surface area contributed by atoms with Gasteiger partial charge >= 0.3 is 0 Å². The molecule has 1 fully saturated rings. The van der Waals surface area contributed by atoms with Crippen LogP contribution in [0, 0.1) is 5.92 Å². The smallest absolute Gasteiger partial charge is 0.246 e. The van der Waals surface area contributed by atoms with Crippen LogP contribution in [0.1, 0.15) is 19.8 Å². The summed E-state index contributed by atoms with van der Waals surface area (Å²) < 4.78 is 0.908. The molecule has 1 saturated heterocycles. The minimum atomic E-state index is 0.0583. The van der Waals surface area contributed by atoms with E-state index in [0.29, 0.717) is 11.7 Å². The minimum absolute atomic E-state index is 0.0583. The second kappa shape index (κ2) is 6.56. The van der Waals surface area contributed by atoms with Gasteiger partial charge in [0.2, 0.25) is 11.7 Å². The molecule has 0 saturated carbocycles. The molecule has 1 aromatic heterocycles. The van der Waals surface area contributed by atoms with E-state index in [0.717, 1.165) is 36.0 Å². The van der Waals surface area contributed by atoms with Gasteiger partial charge in [0.15, 0.2) is 0 Å². The van der Waals surface area contributed by atoms with Crippen LogP contribution in [-0.4, -0.2) is 44.1 Å². The molecule has 3 rings (SSSR count). The van der Waals surface area contributed by atoms with E-state index in [9.17, 15) is 4.79 Å². The van der Waals surface area contributed by atoms with Crippen molar-refractivity contribution in [1.82, 2.24) is 25.1 Å². The van der Waals surface area contributed by atoms with E-state index < -0.39 is 0 Å². The maximum atomic E-state index is 12.3. The molecule has 0 N–H and O–H groups in total. The summed E-state index contributed by atoms with van der Waals surface area (Å²) in [5, 5.41) is 12.3. The fraction of sp³-hybridized carbons (Fsp3) is 0.467. The number of tetrazole rings is 1. The number of hydrogen-bond acceptors (Lipinski definition) is 4. The summed E-state index contributed by atoms with van der Waals surface area (Å²) in [6.45, 7) is 4.02. The van der Waals surface area contributed by atoms with Crippen LogP contribution in [0.2, 0.25) is 0 Å². The Morgan fingerprint density at radius 3 is 2.77 bits per heavy atom. The number of nitrogens with zero attached hydrogens (tertiary/aromatic N) is 5. The zero-order valence-corrected chi connectivity index (χ0v) is 14.0. The van der Waals surface area contributed by atoms with Gasteiger partial charge in [0.05, 0.1) is 0 Å². The molecule has 0 atom stereocenters. The molecule has 1 aliphatic heterocycles. The van der Waals surface area contributed by atoms with Crippen molar-refractivity contribution in [3.63, 3.8) is 0 Å². The normalized spacial score (nSPS) is 16.0. The van der Waals surface area contributed by atoms with Gasteiger partial charge in [-0.05, 0) is 36.1 Å². The summed E-state index contributed by atoms with van der Waals surface area (Å²) in [6.07, 6.45) is 2.14. The molecule has 0 bridgehead atoms. The highest BCUT2D eigenvalue weighted by Gasteiger charge is 2.21. The highest BCUT2D eigenvalue weighted by molar-refractivity contribution is 9.10. The molecular weight excluding hydrogens is 346 g/mol. The van der Waals surface area contributed by atoms with Gasteiger partial charge < -0.3 is 4.90 Å². The molecule has 1 aromatic carbocycles. The number of rotatable bonds is 3. The van der Waals surface area contributed by atoms with Crippen LogP contribution >= 0.6 is 15.9 Å². The number of hydrogen-bond donors (Lipinski definition) is 0. The van der Waals surface area contributed by atoms with E-state index in [-0.39, 0.29) is 12.5 Å². The Balaban J connectivity index is 1.67. The van der Waals surface area contributed by atoms with Crippen molar-refractivity contribution >= 4 is 21.8 Å². The van der Waals surface area contributed by atoms with Crippen molar-refractivity contribution < 1.29 is 4.79 Å². The van der Waals surface area contributed by atoms with E-state index in [4.69, 9.17) is 0 Å². The van der Waals surface area contributed by atoms with Crippen LogP contribution in [0.3, 0.4) is 0 Å². The maximum Gasteiger partial charge on any atom is 0.246 e. The van der Waals surface area contributed by atoms with E-state index >= 15 is 0 Å². The number of benzene rings is 1. The van der Waals surface area contributed by atoms with Crippen LogP contribution < -0.4 is 0 Å². The lowest BCUT2D eigenvalue weighted by molar-refractivity contribution is -0.133. The molecule has 1 aliphatic rings. The summed E-state index contributed by atoms with van der Waals surface area (Å²) >= 11 is 3.47. The zero-order chi connectivity index (χ0) is 15.5. The number of carbonyl (C=O) groups is 1. The van der Waals surface area contributed by atoms with E-state index in [1.165, 1.54) is 4.80 Å². The van der Waals surface area contributed by atoms with Gasteiger partial charge in [0.25, 0.3) is 0 Å². The lowest BCUT2D eigenvalue weighted by atomic mass is 9.99. The van der Waals surface area contributed by atoms with Gasteiger partial charge in [0.1, 0.15) is 6.54 Å². The molecule has 2 heterocycles. The molecule has 7 heteroatoms. The molecule has 22 heavy (non-hydrogen) atoms. The Bertz CT molecular complexity index is 663. The second-order valence-corrected chi connectivity index (χ2v) is 6.54. The lowest BCUT2D eigenvalue weighted by Gasteiger charge is -2.30. The summed E-state index contributed by atoms with van der Waals surface area (Å²) in [7, 11) is 0. The van der Waals surface area contributed by atoms with Crippen molar-refractivity contribution in [3.8, 4) is 11.4 Å². The number of aromatic nitrogens is 4. The SMILES string of the molecule is CC1CCN(C(=O)Cn2nnc(-c3ccccc3Br)n2)CC1. The van der Waals surface area contributed by atoms with E-state index in [1.807, 2.05) is 29.2 Å². The molecule has 2 aromatic rings. The van der Waals surface area contributed by atoms with Crippen molar-refractivity contribution in [2.24, 2.45) is 5.92 Å². The van der Waals surface area contributed by atoms with Crippen LogP contribution in [-0.2, 0) is 11.3 Å². The Morgan fingerprint density at radius 2 is 2.05 bits per heavy atom. The maximum absolute atomic E-state index is 12.3. The second-order valence-electron chi connectivity index (χ2n) is 5.69. The average molecular weight is 364 g/mol. The highest BCUT2D eigenvalue weighted by Crippen LogP contribution is 2.24. The number of halogens is 1. The third-order valence-corrected chi connectivity index (χ3v) is 4.67. The fourth-order valence-corrected chi connectivity index (χ4v) is 3.00. The Morgan fingerprint density at radius 1 is 1.32 bits per heavy atom.